The predicted octanol–water partition coefficient (Wildman–Crippen LogP) is 3.48. The molecule has 3 heterocycles. The number of amides is 2. The maximum atomic E-state index is 13.1. The minimum Gasteiger partial charge on any atom is -0.338 e. The average molecular weight is 428 g/mol. The van der Waals surface area contributed by atoms with E-state index in [1.54, 1.807) is 11.1 Å². The number of rotatable bonds is 4. The van der Waals surface area contributed by atoms with Crippen LogP contribution in [0.3, 0.4) is 0 Å². The number of anilines is 1. The van der Waals surface area contributed by atoms with Crippen molar-refractivity contribution in [2.75, 3.05) is 18.4 Å². The second-order valence-corrected chi connectivity index (χ2v) is 8.38. The van der Waals surface area contributed by atoms with Crippen molar-refractivity contribution in [2.45, 2.75) is 19.8 Å². The molecule has 1 aromatic carbocycles. The summed E-state index contributed by atoms with van der Waals surface area (Å²) in [6, 6.07) is 5.48. The third-order valence-electron chi connectivity index (χ3n) is 5.22. The molecule has 1 N–H and O–H groups in total. The van der Waals surface area contributed by atoms with Crippen LogP contribution in [0.25, 0.3) is 10.7 Å². The Hall–Kier alpha value is -3.07. The molecule has 3 aromatic rings. The van der Waals surface area contributed by atoms with Crippen LogP contribution >= 0.6 is 11.3 Å². The number of hydrogen-bond donors (Lipinski definition) is 1. The van der Waals surface area contributed by atoms with Crippen molar-refractivity contribution in [3.8, 4) is 10.7 Å². The summed E-state index contributed by atoms with van der Waals surface area (Å²) >= 11 is 1.39. The Kier molecular flexibility index (Phi) is 5.63. The number of aromatic nitrogens is 3. The Labute approximate surface area is 177 Å². The van der Waals surface area contributed by atoms with Crippen LogP contribution in [0, 0.1) is 18.7 Å². The summed E-state index contributed by atoms with van der Waals surface area (Å²) in [5, 5.41) is 3.43. The van der Waals surface area contributed by atoms with E-state index in [-0.39, 0.29) is 23.5 Å². The van der Waals surface area contributed by atoms with Crippen molar-refractivity contribution >= 4 is 28.3 Å². The molecular formula is C21H22FN5O2S. The van der Waals surface area contributed by atoms with Crippen LogP contribution < -0.4 is 5.32 Å². The monoisotopic (exact) mass is 427 g/mol. The highest BCUT2D eigenvalue weighted by atomic mass is 32.1. The van der Waals surface area contributed by atoms with Crippen molar-refractivity contribution < 1.29 is 14.0 Å². The number of thiazole rings is 1. The summed E-state index contributed by atoms with van der Waals surface area (Å²) in [5.41, 5.74) is 1.23. The molecule has 0 saturated carbocycles. The molecule has 0 spiro atoms. The smallest absolute Gasteiger partial charge is 0.253 e. The van der Waals surface area contributed by atoms with Crippen LogP contribution in [-0.4, -0.2) is 44.3 Å². The summed E-state index contributed by atoms with van der Waals surface area (Å²) in [5.74, 6) is -0.226. The van der Waals surface area contributed by atoms with E-state index in [1.807, 2.05) is 24.7 Å². The van der Waals surface area contributed by atoms with Gasteiger partial charge in [0.1, 0.15) is 5.82 Å². The third kappa shape index (κ3) is 4.11. The molecule has 0 bridgehead atoms. The molecule has 1 unspecified atom stereocenters. The maximum Gasteiger partial charge on any atom is 0.253 e. The highest BCUT2D eigenvalue weighted by Crippen LogP contribution is 2.32. The van der Waals surface area contributed by atoms with Crippen LogP contribution in [-0.2, 0) is 11.8 Å². The van der Waals surface area contributed by atoms with Crippen LogP contribution in [0.1, 0.15) is 28.9 Å². The largest absolute Gasteiger partial charge is 0.338 e. The highest BCUT2D eigenvalue weighted by molar-refractivity contribution is 7.19. The standard InChI is InChI=1S/C21H22FN5O2S/c1-13-17(18-23-9-11-26(18)2)30-21(24-13)25-19(28)15-4-3-10-27(12-15)20(29)14-5-7-16(22)8-6-14/h5-9,11,15H,3-4,10,12H2,1-2H3,(H,24,25,28). The van der Waals surface area contributed by atoms with E-state index < -0.39 is 0 Å². The van der Waals surface area contributed by atoms with Crippen molar-refractivity contribution in [1.82, 2.24) is 19.4 Å². The molecule has 1 aliphatic rings. The molecule has 4 rings (SSSR count). The van der Waals surface area contributed by atoms with E-state index in [0.29, 0.717) is 30.2 Å². The number of nitrogens with zero attached hydrogens (tertiary/aromatic N) is 4. The van der Waals surface area contributed by atoms with Gasteiger partial charge in [0, 0.05) is 38.1 Å². The third-order valence-corrected chi connectivity index (χ3v) is 6.29. The number of piperidine rings is 1. The zero-order valence-electron chi connectivity index (χ0n) is 16.8. The van der Waals surface area contributed by atoms with Gasteiger partial charge in [-0.15, -0.1) is 0 Å². The number of carbonyl (C=O) groups is 2. The number of benzene rings is 1. The van der Waals surface area contributed by atoms with Crippen molar-refractivity contribution in [2.24, 2.45) is 13.0 Å². The van der Waals surface area contributed by atoms with Gasteiger partial charge in [0.15, 0.2) is 11.0 Å². The Morgan fingerprint density at radius 1 is 1.27 bits per heavy atom. The lowest BCUT2D eigenvalue weighted by Crippen LogP contribution is -2.43. The Balaban J connectivity index is 1.43. The first kappa shape index (κ1) is 20.2. The molecule has 9 heteroatoms. The van der Waals surface area contributed by atoms with Gasteiger partial charge in [0.05, 0.1) is 16.5 Å². The van der Waals surface area contributed by atoms with Gasteiger partial charge >= 0.3 is 0 Å². The number of halogens is 1. The summed E-state index contributed by atoms with van der Waals surface area (Å²) in [4.78, 5) is 36.9. The topological polar surface area (TPSA) is 80.1 Å². The molecule has 1 aliphatic heterocycles. The molecule has 30 heavy (non-hydrogen) atoms. The van der Waals surface area contributed by atoms with Crippen LogP contribution in [0.4, 0.5) is 9.52 Å². The first-order valence-corrected chi connectivity index (χ1v) is 10.5. The Morgan fingerprint density at radius 3 is 2.73 bits per heavy atom. The molecule has 2 amide bonds. The molecule has 0 radical (unpaired) electrons. The number of likely N-dealkylation sites (tertiary alicyclic amines) is 1. The van der Waals surface area contributed by atoms with Gasteiger partial charge in [-0.05, 0) is 44.0 Å². The van der Waals surface area contributed by atoms with E-state index in [9.17, 15) is 14.0 Å². The van der Waals surface area contributed by atoms with Crippen LogP contribution in [0.2, 0.25) is 0 Å². The molecule has 156 valence electrons. The fraction of sp³-hybridized carbons (Fsp3) is 0.333. The van der Waals surface area contributed by atoms with E-state index in [4.69, 9.17) is 0 Å². The summed E-state index contributed by atoms with van der Waals surface area (Å²) in [6.07, 6.45) is 5.03. The fourth-order valence-electron chi connectivity index (χ4n) is 3.60. The van der Waals surface area contributed by atoms with Crippen molar-refractivity contribution in [3.63, 3.8) is 0 Å². The van der Waals surface area contributed by atoms with Gasteiger partial charge in [-0.3, -0.25) is 9.59 Å². The van der Waals surface area contributed by atoms with Gasteiger partial charge in [-0.25, -0.2) is 14.4 Å². The molecule has 7 nitrogen and oxygen atoms in total. The molecule has 2 aromatic heterocycles. The van der Waals surface area contributed by atoms with Gasteiger partial charge in [0.2, 0.25) is 5.91 Å². The SMILES string of the molecule is Cc1nc(NC(=O)C2CCCN(C(=O)c3ccc(F)cc3)C2)sc1-c1nccn1C. The zero-order chi connectivity index (χ0) is 21.3. The lowest BCUT2D eigenvalue weighted by atomic mass is 9.96. The summed E-state index contributed by atoms with van der Waals surface area (Å²) in [7, 11) is 1.91. The van der Waals surface area contributed by atoms with E-state index >= 15 is 0 Å². The average Bonchev–Trinajstić information content (AvgIpc) is 3.32. The van der Waals surface area contributed by atoms with Gasteiger partial charge in [0.25, 0.3) is 5.91 Å². The summed E-state index contributed by atoms with van der Waals surface area (Å²) < 4.78 is 15.0. The Bertz CT molecular complexity index is 1080. The highest BCUT2D eigenvalue weighted by Gasteiger charge is 2.29. The minimum absolute atomic E-state index is 0.147. The van der Waals surface area contributed by atoms with Crippen LogP contribution in [0.5, 0.6) is 0 Å². The first-order chi connectivity index (χ1) is 14.4. The molecular weight excluding hydrogens is 405 g/mol. The van der Waals surface area contributed by atoms with Crippen molar-refractivity contribution in [3.05, 3.63) is 53.7 Å². The Morgan fingerprint density at radius 2 is 2.03 bits per heavy atom. The second-order valence-electron chi connectivity index (χ2n) is 7.38. The normalized spacial score (nSPS) is 16.5. The van der Waals surface area contributed by atoms with Crippen molar-refractivity contribution in [1.29, 1.82) is 0 Å². The number of imidazole rings is 1. The zero-order valence-corrected chi connectivity index (χ0v) is 17.6. The predicted molar refractivity (Wildman–Crippen MR) is 113 cm³/mol. The first-order valence-electron chi connectivity index (χ1n) is 9.73. The maximum absolute atomic E-state index is 13.1. The second kappa shape index (κ2) is 8.35. The molecule has 0 aliphatic carbocycles. The summed E-state index contributed by atoms with van der Waals surface area (Å²) in [6.45, 7) is 2.80. The number of aryl methyl sites for hydroxylation is 2. The molecule has 1 saturated heterocycles. The fourth-order valence-corrected chi connectivity index (χ4v) is 4.61. The molecule has 1 fully saturated rings. The quantitative estimate of drug-likeness (QED) is 0.691. The number of hydrogen-bond acceptors (Lipinski definition) is 5. The lowest BCUT2D eigenvalue weighted by Gasteiger charge is -2.32. The van der Waals surface area contributed by atoms with Gasteiger partial charge in [-0.1, -0.05) is 11.3 Å². The van der Waals surface area contributed by atoms with Gasteiger partial charge in [-0.2, -0.15) is 0 Å². The number of carbonyl (C=O) groups excluding carboxylic acids is 2. The van der Waals surface area contributed by atoms with E-state index in [2.05, 4.69) is 15.3 Å². The lowest BCUT2D eigenvalue weighted by molar-refractivity contribution is -0.121. The van der Waals surface area contributed by atoms with E-state index in [1.165, 1.54) is 35.6 Å². The molecule has 1 atom stereocenters. The number of nitrogens with one attached hydrogen (secondary N) is 1. The van der Waals surface area contributed by atoms with Gasteiger partial charge < -0.3 is 14.8 Å². The van der Waals surface area contributed by atoms with E-state index in [0.717, 1.165) is 22.8 Å². The minimum atomic E-state index is -0.383. The van der Waals surface area contributed by atoms with Crippen LogP contribution in [0.15, 0.2) is 36.7 Å².